The standard InChI is InChI=1S/C15H24N2O3/c1-17(2)14-6-4-12(5-7-14)10-13(11-15(19)20)16-8-3-9-18/h4-7,13,16,18H,3,8-11H2,1-2H3,(H,19,20). The molecule has 0 spiro atoms. The van der Waals surface area contributed by atoms with Gasteiger partial charge in [0.1, 0.15) is 0 Å². The minimum atomic E-state index is -0.809. The summed E-state index contributed by atoms with van der Waals surface area (Å²) in [5.74, 6) is -0.809. The molecule has 0 fully saturated rings. The largest absolute Gasteiger partial charge is 0.481 e. The van der Waals surface area contributed by atoms with E-state index in [1.807, 2.05) is 43.3 Å². The van der Waals surface area contributed by atoms with Crippen molar-refractivity contribution in [3.8, 4) is 0 Å². The van der Waals surface area contributed by atoms with E-state index in [0.29, 0.717) is 19.4 Å². The summed E-state index contributed by atoms with van der Waals surface area (Å²) in [4.78, 5) is 12.9. The van der Waals surface area contributed by atoms with E-state index in [-0.39, 0.29) is 19.1 Å². The van der Waals surface area contributed by atoms with Gasteiger partial charge in [-0.3, -0.25) is 4.79 Å². The Bertz CT molecular complexity index is 404. The van der Waals surface area contributed by atoms with Gasteiger partial charge in [0.25, 0.3) is 0 Å². The number of aliphatic hydroxyl groups excluding tert-OH is 1. The number of benzene rings is 1. The van der Waals surface area contributed by atoms with Crippen LogP contribution in [0.5, 0.6) is 0 Å². The van der Waals surface area contributed by atoms with Crippen LogP contribution in [0.4, 0.5) is 5.69 Å². The van der Waals surface area contributed by atoms with E-state index in [4.69, 9.17) is 10.2 Å². The SMILES string of the molecule is CN(C)c1ccc(CC(CC(=O)O)NCCCO)cc1. The summed E-state index contributed by atoms with van der Waals surface area (Å²) < 4.78 is 0. The Morgan fingerprint density at radius 1 is 1.30 bits per heavy atom. The lowest BCUT2D eigenvalue weighted by molar-refractivity contribution is -0.137. The van der Waals surface area contributed by atoms with Crippen LogP contribution < -0.4 is 10.2 Å². The van der Waals surface area contributed by atoms with Crippen molar-refractivity contribution in [2.24, 2.45) is 0 Å². The van der Waals surface area contributed by atoms with Crippen molar-refractivity contribution < 1.29 is 15.0 Å². The molecule has 0 aromatic heterocycles. The third kappa shape index (κ3) is 6.04. The molecule has 0 saturated carbocycles. The summed E-state index contributed by atoms with van der Waals surface area (Å²) in [5.41, 5.74) is 2.23. The van der Waals surface area contributed by atoms with Crippen molar-refractivity contribution >= 4 is 11.7 Å². The van der Waals surface area contributed by atoms with Gasteiger partial charge in [-0.2, -0.15) is 0 Å². The van der Waals surface area contributed by atoms with Crippen LogP contribution in [0.15, 0.2) is 24.3 Å². The van der Waals surface area contributed by atoms with E-state index in [2.05, 4.69) is 5.32 Å². The average molecular weight is 280 g/mol. The van der Waals surface area contributed by atoms with E-state index >= 15 is 0 Å². The van der Waals surface area contributed by atoms with Gasteiger partial charge in [-0.15, -0.1) is 0 Å². The van der Waals surface area contributed by atoms with Gasteiger partial charge in [0.05, 0.1) is 6.42 Å². The molecule has 0 aliphatic rings. The molecule has 0 aliphatic heterocycles. The Kier molecular flexibility index (Phi) is 7.04. The van der Waals surface area contributed by atoms with Crippen molar-refractivity contribution in [3.05, 3.63) is 29.8 Å². The fourth-order valence-electron chi connectivity index (χ4n) is 2.03. The number of nitrogens with one attached hydrogen (secondary N) is 1. The van der Waals surface area contributed by atoms with E-state index in [1.54, 1.807) is 0 Å². The fourth-order valence-corrected chi connectivity index (χ4v) is 2.03. The van der Waals surface area contributed by atoms with Crippen LogP contribution in [0.1, 0.15) is 18.4 Å². The molecule has 0 heterocycles. The second-order valence-electron chi connectivity index (χ2n) is 5.09. The van der Waals surface area contributed by atoms with Gasteiger partial charge in [-0.1, -0.05) is 12.1 Å². The highest BCUT2D eigenvalue weighted by atomic mass is 16.4. The molecule has 1 rings (SSSR count). The Balaban J connectivity index is 2.60. The molecular weight excluding hydrogens is 256 g/mol. The first-order valence-electron chi connectivity index (χ1n) is 6.85. The number of hydrogen-bond donors (Lipinski definition) is 3. The Morgan fingerprint density at radius 3 is 2.45 bits per heavy atom. The van der Waals surface area contributed by atoms with Crippen molar-refractivity contribution in [1.29, 1.82) is 0 Å². The Hall–Kier alpha value is -1.59. The van der Waals surface area contributed by atoms with Gasteiger partial charge in [-0.25, -0.2) is 0 Å². The summed E-state index contributed by atoms with van der Waals surface area (Å²) in [7, 11) is 3.97. The first kappa shape index (κ1) is 16.5. The second kappa shape index (κ2) is 8.55. The lowest BCUT2D eigenvalue weighted by Gasteiger charge is -2.18. The third-order valence-electron chi connectivity index (χ3n) is 3.12. The number of anilines is 1. The highest BCUT2D eigenvalue weighted by Gasteiger charge is 2.13. The average Bonchev–Trinajstić information content (AvgIpc) is 2.38. The molecule has 1 aromatic rings. The molecule has 112 valence electrons. The van der Waals surface area contributed by atoms with E-state index < -0.39 is 5.97 Å². The topological polar surface area (TPSA) is 72.8 Å². The number of hydrogen-bond acceptors (Lipinski definition) is 4. The number of carbonyl (C=O) groups is 1. The molecule has 5 nitrogen and oxygen atoms in total. The molecule has 0 bridgehead atoms. The number of aliphatic carboxylic acids is 1. The van der Waals surface area contributed by atoms with Gasteiger partial charge in [0.2, 0.25) is 0 Å². The molecule has 1 unspecified atom stereocenters. The molecule has 1 aromatic carbocycles. The normalized spacial score (nSPS) is 12.2. The molecule has 0 amide bonds. The van der Waals surface area contributed by atoms with E-state index in [9.17, 15) is 4.79 Å². The zero-order valence-electron chi connectivity index (χ0n) is 12.2. The highest BCUT2D eigenvalue weighted by molar-refractivity contribution is 5.67. The maximum atomic E-state index is 10.9. The summed E-state index contributed by atoms with van der Waals surface area (Å²) in [6, 6.07) is 8.00. The minimum absolute atomic E-state index is 0.0842. The zero-order valence-corrected chi connectivity index (χ0v) is 12.2. The van der Waals surface area contributed by atoms with Crippen molar-refractivity contribution in [3.63, 3.8) is 0 Å². The number of aliphatic hydroxyl groups is 1. The van der Waals surface area contributed by atoms with Crippen molar-refractivity contribution in [1.82, 2.24) is 5.32 Å². The minimum Gasteiger partial charge on any atom is -0.481 e. The van der Waals surface area contributed by atoms with Crippen LogP contribution >= 0.6 is 0 Å². The summed E-state index contributed by atoms with van der Waals surface area (Å²) >= 11 is 0. The summed E-state index contributed by atoms with van der Waals surface area (Å²) in [5, 5.41) is 20.9. The van der Waals surface area contributed by atoms with Crippen LogP contribution in [0.2, 0.25) is 0 Å². The molecule has 20 heavy (non-hydrogen) atoms. The summed E-state index contributed by atoms with van der Waals surface area (Å²) in [6.45, 7) is 0.745. The zero-order chi connectivity index (χ0) is 15.0. The van der Waals surface area contributed by atoms with Crippen LogP contribution in [0.3, 0.4) is 0 Å². The van der Waals surface area contributed by atoms with Gasteiger partial charge in [0.15, 0.2) is 0 Å². The first-order chi connectivity index (χ1) is 9.52. The van der Waals surface area contributed by atoms with Crippen molar-refractivity contribution in [2.75, 3.05) is 32.1 Å². The van der Waals surface area contributed by atoms with Gasteiger partial charge < -0.3 is 20.4 Å². The highest BCUT2D eigenvalue weighted by Crippen LogP contribution is 2.14. The van der Waals surface area contributed by atoms with Crippen molar-refractivity contribution in [2.45, 2.75) is 25.3 Å². The number of carboxylic acids is 1. The lowest BCUT2D eigenvalue weighted by Crippen LogP contribution is -2.34. The molecule has 0 saturated heterocycles. The van der Waals surface area contributed by atoms with Gasteiger partial charge >= 0.3 is 5.97 Å². The number of rotatable bonds is 9. The Morgan fingerprint density at radius 2 is 1.95 bits per heavy atom. The maximum Gasteiger partial charge on any atom is 0.304 e. The van der Waals surface area contributed by atoms with Crippen LogP contribution in [0.25, 0.3) is 0 Å². The molecule has 3 N–H and O–H groups in total. The lowest BCUT2D eigenvalue weighted by atomic mass is 10.0. The molecule has 1 atom stereocenters. The van der Waals surface area contributed by atoms with Gasteiger partial charge in [0, 0.05) is 32.4 Å². The fraction of sp³-hybridized carbons (Fsp3) is 0.533. The quantitative estimate of drug-likeness (QED) is 0.591. The molecular formula is C15H24N2O3. The smallest absolute Gasteiger partial charge is 0.304 e. The van der Waals surface area contributed by atoms with E-state index in [1.165, 1.54) is 0 Å². The van der Waals surface area contributed by atoms with Crippen LogP contribution in [0, 0.1) is 0 Å². The van der Waals surface area contributed by atoms with E-state index in [0.717, 1.165) is 11.3 Å². The number of carboxylic acid groups (broad SMARTS) is 1. The van der Waals surface area contributed by atoms with Crippen LogP contribution in [-0.2, 0) is 11.2 Å². The number of nitrogens with zero attached hydrogens (tertiary/aromatic N) is 1. The monoisotopic (exact) mass is 280 g/mol. The first-order valence-corrected chi connectivity index (χ1v) is 6.85. The maximum absolute atomic E-state index is 10.9. The predicted molar refractivity (Wildman–Crippen MR) is 80.2 cm³/mol. The molecule has 0 radical (unpaired) electrons. The predicted octanol–water partition coefficient (Wildman–Crippen LogP) is 1.11. The van der Waals surface area contributed by atoms with Gasteiger partial charge in [-0.05, 0) is 37.1 Å². The summed E-state index contributed by atoms with van der Waals surface area (Å²) in [6.07, 6.45) is 1.39. The second-order valence-corrected chi connectivity index (χ2v) is 5.09. The Labute approximate surface area is 120 Å². The molecule has 0 aliphatic carbocycles. The molecule has 5 heteroatoms. The third-order valence-corrected chi connectivity index (χ3v) is 3.12. The van der Waals surface area contributed by atoms with Crippen LogP contribution in [-0.4, -0.2) is 49.5 Å².